The van der Waals surface area contributed by atoms with Gasteiger partial charge in [-0.3, -0.25) is 9.20 Å². The Kier molecular flexibility index (Phi) is 5.56. The third kappa shape index (κ3) is 4.17. The van der Waals surface area contributed by atoms with E-state index in [2.05, 4.69) is 10.4 Å². The zero-order valence-electron chi connectivity index (χ0n) is 15.6. The van der Waals surface area contributed by atoms with Gasteiger partial charge < -0.3 is 15.0 Å². The molecule has 142 valence electrons. The summed E-state index contributed by atoms with van der Waals surface area (Å²) < 4.78 is 7.76. The molecule has 0 fully saturated rings. The summed E-state index contributed by atoms with van der Waals surface area (Å²) >= 11 is 0. The van der Waals surface area contributed by atoms with Crippen LogP contribution >= 0.6 is 0 Å². The maximum Gasteiger partial charge on any atom is 0.350 e. The van der Waals surface area contributed by atoms with Crippen molar-refractivity contribution in [3.8, 4) is 5.75 Å². The molecular weight excluding hydrogens is 346 g/mol. The highest BCUT2D eigenvalue weighted by Crippen LogP contribution is 2.20. The van der Waals surface area contributed by atoms with Gasteiger partial charge in [-0.05, 0) is 43.9 Å². The van der Waals surface area contributed by atoms with Gasteiger partial charge in [0.2, 0.25) is 5.91 Å². The minimum absolute atomic E-state index is 0.00218. The number of nitrogens with zero attached hydrogens (tertiary/aromatic N) is 4. The van der Waals surface area contributed by atoms with Gasteiger partial charge >= 0.3 is 5.69 Å². The van der Waals surface area contributed by atoms with Crippen LogP contribution in [0.4, 0.5) is 0 Å². The minimum Gasteiger partial charge on any atom is -0.497 e. The maximum absolute atomic E-state index is 12.3. The normalized spacial score (nSPS) is 12.3. The molecule has 0 aliphatic carbocycles. The van der Waals surface area contributed by atoms with E-state index in [1.165, 1.54) is 9.08 Å². The lowest BCUT2D eigenvalue weighted by Crippen LogP contribution is -2.38. The SMILES string of the molecule is COc1ccc(C(CNC(=O)Cn2nc3ccccn3c2=O)N(C)C)cc1. The molecule has 1 unspecified atom stereocenters. The number of hydrogen-bond acceptors (Lipinski definition) is 5. The average molecular weight is 369 g/mol. The lowest BCUT2D eigenvalue weighted by Gasteiger charge is -2.25. The summed E-state index contributed by atoms with van der Waals surface area (Å²) in [6, 6.07) is 13.0. The van der Waals surface area contributed by atoms with Crippen LogP contribution in [0.3, 0.4) is 0 Å². The van der Waals surface area contributed by atoms with Crippen LogP contribution in [-0.2, 0) is 11.3 Å². The Bertz CT molecular complexity index is 975. The van der Waals surface area contributed by atoms with Crippen LogP contribution in [0.1, 0.15) is 11.6 Å². The zero-order chi connectivity index (χ0) is 19.4. The number of aromatic nitrogens is 3. The van der Waals surface area contributed by atoms with Crippen molar-refractivity contribution in [1.82, 2.24) is 24.4 Å². The third-order valence-corrected chi connectivity index (χ3v) is 4.40. The Balaban J connectivity index is 1.66. The number of ether oxygens (including phenoxy) is 1. The number of carbonyl (C=O) groups excluding carboxylic acids is 1. The van der Waals surface area contributed by atoms with Crippen molar-refractivity contribution < 1.29 is 9.53 Å². The lowest BCUT2D eigenvalue weighted by molar-refractivity contribution is -0.122. The molecule has 0 saturated heterocycles. The highest BCUT2D eigenvalue weighted by molar-refractivity contribution is 5.75. The van der Waals surface area contributed by atoms with Crippen LogP contribution in [0, 0.1) is 0 Å². The molecule has 2 aromatic heterocycles. The van der Waals surface area contributed by atoms with Crippen LogP contribution in [0.25, 0.3) is 5.65 Å². The Morgan fingerprint density at radius 3 is 2.59 bits per heavy atom. The number of pyridine rings is 1. The van der Waals surface area contributed by atoms with Gasteiger partial charge in [0, 0.05) is 12.7 Å². The van der Waals surface area contributed by atoms with E-state index in [1.54, 1.807) is 31.5 Å². The molecule has 1 aromatic carbocycles. The van der Waals surface area contributed by atoms with E-state index >= 15 is 0 Å². The van der Waals surface area contributed by atoms with E-state index < -0.39 is 0 Å². The van der Waals surface area contributed by atoms with Crippen molar-refractivity contribution >= 4 is 11.6 Å². The largest absolute Gasteiger partial charge is 0.497 e. The first kappa shape index (κ1) is 18.7. The molecule has 2 heterocycles. The highest BCUT2D eigenvalue weighted by Gasteiger charge is 2.16. The smallest absolute Gasteiger partial charge is 0.350 e. The zero-order valence-corrected chi connectivity index (χ0v) is 15.6. The van der Waals surface area contributed by atoms with Gasteiger partial charge in [-0.25, -0.2) is 9.48 Å². The minimum atomic E-state index is -0.333. The molecule has 1 atom stereocenters. The molecule has 0 aliphatic heterocycles. The third-order valence-electron chi connectivity index (χ3n) is 4.40. The van der Waals surface area contributed by atoms with Crippen LogP contribution in [0.15, 0.2) is 53.5 Å². The number of rotatable bonds is 7. The molecule has 0 bridgehead atoms. The fraction of sp³-hybridized carbons (Fsp3) is 0.316. The number of fused-ring (bicyclic) bond motifs is 1. The van der Waals surface area contributed by atoms with Crippen LogP contribution < -0.4 is 15.7 Å². The van der Waals surface area contributed by atoms with Gasteiger partial charge in [0.25, 0.3) is 0 Å². The van der Waals surface area contributed by atoms with Crippen LogP contribution in [0.2, 0.25) is 0 Å². The molecule has 1 amide bonds. The maximum atomic E-state index is 12.3. The topological polar surface area (TPSA) is 80.9 Å². The lowest BCUT2D eigenvalue weighted by atomic mass is 10.1. The van der Waals surface area contributed by atoms with E-state index in [-0.39, 0.29) is 24.2 Å². The number of likely N-dealkylation sites (N-methyl/N-ethyl adjacent to an activating group) is 1. The summed E-state index contributed by atoms with van der Waals surface area (Å²) in [7, 11) is 5.53. The van der Waals surface area contributed by atoms with E-state index in [9.17, 15) is 9.59 Å². The fourth-order valence-electron chi connectivity index (χ4n) is 2.90. The molecule has 8 nitrogen and oxygen atoms in total. The average Bonchev–Trinajstić information content (AvgIpc) is 2.98. The summed E-state index contributed by atoms with van der Waals surface area (Å²) in [6.45, 7) is 0.295. The molecule has 0 saturated carbocycles. The molecule has 8 heteroatoms. The monoisotopic (exact) mass is 369 g/mol. The van der Waals surface area contributed by atoms with Gasteiger partial charge in [0.05, 0.1) is 13.2 Å². The molecule has 0 radical (unpaired) electrons. The second kappa shape index (κ2) is 8.05. The van der Waals surface area contributed by atoms with Gasteiger partial charge in [-0.1, -0.05) is 18.2 Å². The standard InChI is InChI=1S/C19H23N5O3/c1-22(2)16(14-7-9-15(27-3)10-8-14)12-20-18(25)13-24-19(26)23-11-5-4-6-17(23)21-24/h4-11,16H,12-13H2,1-3H3,(H,20,25). The molecule has 27 heavy (non-hydrogen) atoms. The van der Waals surface area contributed by atoms with Crippen molar-refractivity contribution in [1.29, 1.82) is 0 Å². The van der Waals surface area contributed by atoms with Crippen LogP contribution in [-0.4, -0.2) is 52.7 Å². The Morgan fingerprint density at radius 2 is 1.96 bits per heavy atom. The van der Waals surface area contributed by atoms with Crippen molar-refractivity contribution in [2.45, 2.75) is 12.6 Å². The van der Waals surface area contributed by atoms with Crippen LogP contribution in [0.5, 0.6) is 5.75 Å². The first-order valence-corrected chi connectivity index (χ1v) is 8.61. The van der Waals surface area contributed by atoms with Gasteiger partial charge in [-0.15, -0.1) is 5.10 Å². The number of amides is 1. The second-order valence-corrected chi connectivity index (χ2v) is 6.43. The summed E-state index contributed by atoms with van der Waals surface area (Å²) in [5.41, 5.74) is 1.24. The Morgan fingerprint density at radius 1 is 1.22 bits per heavy atom. The summed E-state index contributed by atoms with van der Waals surface area (Å²) in [5, 5.41) is 7.06. The fourth-order valence-corrected chi connectivity index (χ4v) is 2.90. The predicted octanol–water partition coefficient (Wildman–Crippen LogP) is 0.924. The van der Waals surface area contributed by atoms with Gasteiger partial charge in [0.15, 0.2) is 5.65 Å². The summed E-state index contributed by atoms with van der Waals surface area (Å²) in [5.74, 6) is 0.521. The quantitative estimate of drug-likeness (QED) is 0.670. The molecule has 3 rings (SSSR count). The Hall–Kier alpha value is -3.13. The first-order chi connectivity index (χ1) is 13.0. The van der Waals surface area contributed by atoms with Crippen molar-refractivity contribution in [3.05, 3.63) is 64.7 Å². The molecule has 3 aromatic rings. The molecule has 1 N–H and O–H groups in total. The number of nitrogens with one attached hydrogen (secondary N) is 1. The van der Waals surface area contributed by atoms with Gasteiger partial charge in [0.1, 0.15) is 12.3 Å². The number of benzene rings is 1. The van der Waals surface area contributed by atoms with E-state index in [4.69, 9.17) is 4.74 Å². The number of methoxy groups -OCH3 is 1. The van der Waals surface area contributed by atoms with E-state index in [0.717, 1.165) is 11.3 Å². The number of carbonyl (C=O) groups is 1. The second-order valence-electron chi connectivity index (χ2n) is 6.43. The number of hydrogen-bond donors (Lipinski definition) is 1. The van der Waals surface area contributed by atoms with Crippen molar-refractivity contribution in [2.75, 3.05) is 27.7 Å². The molecule has 0 spiro atoms. The summed E-state index contributed by atoms with van der Waals surface area (Å²) in [6.07, 6.45) is 1.63. The summed E-state index contributed by atoms with van der Waals surface area (Å²) in [4.78, 5) is 26.6. The van der Waals surface area contributed by atoms with E-state index in [1.807, 2.05) is 43.3 Å². The molecular formula is C19H23N5O3. The molecule has 0 aliphatic rings. The van der Waals surface area contributed by atoms with Gasteiger partial charge in [-0.2, -0.15) is 0 Å². The van der Waals surface area contributed by atoms with Crippen molar-refractivity contribution in [3.63, 3.8) is 0 Å². The highest BCUT2D eigenvalue weighted by atomic mass is 16.5. The Labute approximate surface area is 157 Å². The first-order valence-electron chi connectivity index (χ1n) is 8.61. The predicted molar refractivity (Wildman–Crippen MR) is 102 cm³/mol. The van der Waals surface area contributed by atoms with Crippen molar-refractivity contribution in [2.24, 2.45) is 0 Å². The van der Waals surface area contributed by atoms with E-state index in [0.29, 0.717) is 12.2 Å².